The minimum Gasteiger partial charge on any atom is -0.497 e. The minimum absolute atomic E-state index is 0.0176. The van der Waals surface area contributed by atoms with Gasteiger partial charge in [0.1, 0.15) is 11.6 Å². The van der Waals surface area contributed by atoms with Crippen molar-refractivity contribution in [2.75, 3.05) is 38.8 Å². The van der Waals surface area contributed by atoms with E-state index in [1.807, 2.05) is 12.3 Å². The molecule has 0 aromatic heterocycles. The Morgan fingerprint density at radius 1 is 1.29 bits per heavy atom. The van der Waals surface area contributed by atoms with Crippen LogP contribution in [0.5, 0.6) is 5.75 Å². The van der Waals surface area contributed by atoms with Crippen LogP contribution in [0.25, 0.3) is 0 Å². The molecule has 1 spiro atoms. The summed E-state index contributed by atoms with van der Waals surface area (Å²) >= 11 is 1.51. The predicted molar refractivity (Wildman–Crippen MR) is 135 cm³/mol. The number of rotatable bonds is 9. The van der Waals surface area contributed by atoms with Gasteiger partial charge >= 0.3 is 0 Å². The first-order valence-electron chi connectivity index (χ1n) is 11.7. The molecule has 1 fully saturated rings. The van der Waals surface area contributed by atoms with E-state index in [2.05, 4.69) is 35.0 Å². The third-order valence-electron chi connectivity index (χ3n) is 7.07. The number of amides is 1. The maximum atomic E-state index is 14.5. The molecule has 2 atom stereocenters. The van der Waals surface area contributed by atoms with Crippen molar-refractivity contribution in [3.63, 3.8) is 0 Å². The summed E-state index contributed by atoms with van der Waals surface area (Å²) in [5.41, 5.74) is 2.87. The van der Waals surface area contributed by atoms with Crippen molar-refractivity contribution in [2.45, 2.75) is 36.9 Å². The van der Waals surface area contributed by atoms with Gasteiger partial charge in [0.2, 0.25) is 5.91 Å². The number of fused-ring (bicyclic) bond motifs is 2. The summed E-state index contributed by atoms with van der Waals surface area (Å²) in [5, 5.41) is 3.24. The highest BCUT2D eigenvalue weighted by atomic mass is 32.2. The van der Waals surface area contributed by atoms with Crippen molar-refractivity contribution in [3.05, 3.63) is 77.6 Å². The highest BCUT2D eigenvalue weighted by Gasteiger charge is 2.54. The van der Waals surface area contributed by atoms with Gasteiger partial charge in [0, 0.05) is 23.6 Å². The van der Waals surface area contributed by atoms with Crippen LogP contribution in [-0.2, 0) is 21.5 Å². The van der Waals surface area contributed by atoms with Gasteiger partial charge in [-0.3, -0.25) is 9.69 Å². The Labute approximate surface area is 205 Å². The normalized spacial score (nSPS) is 21.3. The van der Waals surface area contributed by atoms with Gasteiger partial charge in [0.25, 0.3) is 0 Å². The molecule has 1 heterocycles. The molecule has 4 rings (SSSR count). The molecule has 7 heteroatoms. The Bertz CT molecular complexity index is 1020. The number of piperidine rings is 1. The fraction of sp³-hybridized carbons (Fsp3) is 0.444. The Morgan fingerprint density at radius 2 is 2.06 bits per heavy atom. The Hall–Kier alpha value is -2.35. The molecule has 1 amide bonds. The molecule has 0 radical (unpaired) electrons. The maximum absolute atomic E-state index is 14.5. The van der Waals surface area contributed by atoms with E-state index in [1.54, 1.807) is 25.3 Å². The van der Waals surface area contributed by atoms with Gasteiger partial charge in [0.05, 0.1) is 31.6 Å². The molecule has 1 aliphatic carbocycles. The summed E-state index contributed by atoms with van der Waals surface area (Å²) in [4.78, 5) is 14.9. The van der Waals surface area contributed by atoms with Crippen molar-refractivity contribution in [3.8, 4) is 5.75 Å². The van der Waals surface area contributed by atoms with Gasteiger partial charge in [-0.05, 0) is 49.4 Å². The lowest BCUT2D eigenvalue weighted by Crippen LogP contribution is -2.51. The molecule has 1 aliphatic heterocycles. The lowest BCUT2D eigenvalue weighted by atomic mass is 9.71. The first-order chi connectivity index (χ1) is 16.5. The molecule has 0 saturated carbocycles. The molecule has 5 nitrogen and oxygen atoms in total. The lowest BCUT2D eigenvalue weighted by molar-refractivity contribution is -0.121. The summed E-state index contributed by atoms with van der Waals surface area (Å²) in [7, 11) is 1.54. The van der Waals surface area contributed by atoms with Gasteiger partial charge in [-0.25, -0.2) is 4.39 Å². The predicted octanol–water partition coefficient (Wildman–Crippen LogP) is 4.47. The summed E-state index contributed by atoms with van der Waals surface area (Å²) in [6.45, 7) is 6.45. The monoisotopic (exact) mass is 484 g/mol. The number of thioether (sulfide) groups is 1. The first kappa shape index (κ1) is 24.8. The van der Waals surface area contributed by atoms with E-state index in [0.29, 0.717) is 30.2 Å². The third-order valence-corrected chi connectivity index (χ3v) is 7.62. The molecule has 0 bridgehead atoms. The topological polar surface area (TPSA) is 50.8 Å². The zero-order valence-corrected chi connectivity index (χ0v) is 20.7. The van der Waals surface area contributed by atoms with Gasteiger partial charge in [-0.1, -0.05) is 36.4 Å². The number of likely N-dealkylation sites (tertiary alicyclic amines) is 1. The number of carbonyl (C=O) groups excluding carboxylic acids is 1. The van der Waals surface area contributed by atoms with Gasteiger partial charge in [-0.15, -0.1) is 6.58 Å². The highest BCUT2D eigenvalue weighted by Crippen LogP contribution is 2.52. The second kappa shape index (κ2) is 10.9. The molecule has 182 valence electrons. The van der Waals surface area contributed by atoms with E-state index in [9.17, 15) is 9.18 Å². The summed E-state index contributed by atoms with van der Waals surface area (Å²) < 4.78 is 26.1. The molecule has 2 aliphatic rings. The number of benzene rings is 2. The Balaban J connectivity index is 1.56. The van der Waals surface area contributed by atoms with Crippen molar-refractivity contribution in [2.24, 2.45) is 0 Å². The molecule has 2 aromatic rings. The second-order valence-electron chi connectivity index (χ2n) is 9.00. The number of ether oxygens (including phenoxy) is 2. The average molecular weight is 485 g/mol. The second-order valence-corrected chi connectivity index (χ2v) is 9.86. The van der Waals surface area contributed by atoms with E-state index in [0.717, 1.165) is 31.5 Å². The van der Waals surface area contributed by atoms with E-state index in [1.165, 1.54) is 23.4 Å². The number of halogens is 1. The van der Waals surface area contributed by atoms with Crippen molar-refractivity contribution >= 4 is 17.7 Å². The van der Waals surface area contributed by atoms with Gasteiger partial charge < -0.3 is 14.8 Å². The molecule has 0 unspecified atom stereocenters. The molecular formula is C27H33FN2O3S. The number of nitrogens with one attached hydrogen (secondary N) is 1. The third kappa shape index (κ3) is 4.88. The molecule has 34 heavy (non-hydrogen) atoms. The van der Waals surface area contributed by atoms with E-state index in [4.69, 9.17) is 9.47 Å². The Morgan fingerprint density at radius 3 is 2.74 bits per heavy atom. The van der Waals surface area contributed by atoms with Crippen LogP contribution in [-0.4, -0.2) is 55.7 Å². The summed E-state index contributed by atoms with van der Waals surface area (Å²) in [5.74, 6) is 0.720. The van der Waals surface area contributed by atoms with Crippen molar-refractivity contribution < 1.29 is 18.7 Å². The maximum Gasteiger partial charge on any atom is 0.230 e. The minimum atomic E-state index is -0.241. The van der Waals surface area contributed by atoms with Crippen LogP contribution in [0.2, 0.25) is 0 Å². The molecule has 1 saturated heterocycles. The van der Waals surface area contributed by atoms with Crippen molar-refractivity contribution in [1.82, 2.24) is 10.2 Å². The van der Waals surface area contributed by atoms with Crippen LogP contribution in [0.3, 0.4) is 0 Å². The first-order valence-corrected chi connectivity index (χ1v) is 13.1. The highest BCUT2D eigenvalue weighted by molar-refractivity contribution is 7.99. The van der Waals surface area contributed by atoms with Crippen LogP contribution in [0, 0.1) is 5.82 Å². The number of nitrogens with zero attached hydrogens (tertiary/aromatic N) is 1. The van der Waals surface area contributed by atoms with Crippen LogP contribution >= 0.6 is 11.8 Å². The van der Waals surface area contributed by atoms with Crippen LogP contribution < -0.4 is 10.1 Å². The standard InChI is InChI=1S/C27H33FN2O3S/c1-4-15-33-26-25(29-24(31)18-34-3)21-7-5-6-8-22(21)27(26)11-13-30(14-12-27)17-19-9-10-20(32-2)16-23(19)28/h4-10,16,25-26H,1,11-15,17-18H2,2-3H3,(H,29,31)/t25-,26+/m1/s1. The SMILES string of the molecule is C=CCO[C@H]1[C@H](NC(=O)CSC)c2ccccc2C12CCN(Cc1ccc(OC)cc1F)CC2. The van der Waals surface area contributed by atoms with E-state index >= 15 is 0 Å². The molecule has 1 N–H and O–H groups in total. The fourth-order valence-electron chi connectivity index (χ4n) is 5.47. The number of carbonyl (C=O) groups is 1. The van der Waals surface area contributed by atoms with Crippen LogP contribution in [0.4, 0.5) is 4.39 Å². The van der Waals surface area contributed by atoms with Crippen LogP contribution in [0.1, 0.15) is 35.6 Å². The summed E-state index contributed by atoms with van der Waals surface area (Å²) in [6.07, 6.45) is 5.26. The largest absolute Gasteiger partial charge is 0.497 e. The molecule has 2 aromatic carbocycles. The summed E-state index contributed by atoms with van der Waals surface area (Å²) in [6, 6.07) is 13.2. The van der Waals surface area contributed by atoms with Crippen LogP contribution in [0.15, 0.2) is 55.1 Å². The number of hydrogen-bond donors (Lipinski definition) is 1. The van der Waals surface area contributed by atoms with Crippen molar-refractivity contribution in [1.29, 1.82) is 0 Å². The average Bonchev–Trinajstić information content (AvgIpc) is 3.09. The van der Waals surface area contributed by atoms with Gasteiger partial charge in [0.15, 0.2) is 0 Å². The zero-order valence-electron chi connectivity index (χ0n) is 19.9. The zero-order chi connectivity index (χ0) is 24.1. The Kier molecular flexibility index (Phi) is 7.96. The fourth-order valence-corrected chi connectivity index (χ4v) is 5.82. The quantitative estimate of drug-likeness (QED) is 0.532. The number of methoxy groups -OCH3 is 1. The molecular weight excluding hydrogens is 451 g/mol. The van der Waals surface area contributed by atoms with E-state index in [-0.39, 0.29) is 29.3 Å². The smallest absolute Gasteiger partial charge is 0.230 e. The lowest BCUT2D eigenvalue weighted by Gasteiger charge is -2.44. The van der Waals surface area contributed by atoms with E-state index < -0.39 is 0 Å². The van der Waals surface area contributed by atoms with Gasteiger partial charge in [-0.2, -0.15) is 11.8 Å². The number of hydrogen-bond acceptors (Lipinski definition) is 5.